The van der Waals surface area contributed by atoms with E-state index in [1.165, 1.54) is 13.5 Å². The van der Waals surface area contributed by atoms with Crippen molar-refractivity contribution >= 4 is 17.5 Å². The third kappa shape index (κ3) is 2.78. The number of hydrogen-bond donors (Lipinski definition) is 1. The van der Waals surface area contributed by atoms with Crippen molar-refractivity contribution in [2.75, 3.05) is 12.8 Å². The zero-order valence-corrected chi connectivity index (χ0v) is 13.0. The molecule has 1 heterocycles. The van der Waals surface area contributed by atoms with Crippen LogP contribution in [0.4, 0.5) is 11.5 Å². The van der Waals surface area contributed by atoms with Gasteiger partial charge >= 0.3 is 5.97 Å². The Hall–Kier alpha value is -2.81. The first-order valence-corrected chi connectivity index (χ1v) is 7.55. The van der Waals surface area contributed by atoms with Crippen LogP contribution in [-0.2, 0) is 16.0 Å². The van der Waals surface area contributed by atoms with E-state index in [9.17, 15) is 4.79 Å². The third-order valence-corrected chi connectivity index (χ3v) is 4.26. The molecule has 1 saturated carbocycles. The van der Waals surface area contributed by atoms with Crippen molar-refractivity contribution in [3.63, 3.8) is 0 Å². The fourth-order valence-electron chi connectivity index (χ4n) is 2.67. The van der Waals surface area contributed by atoms with Crippen LogP contribution in [0.15, 0.2) is 24.3 Å². The van der Waals surface area contributed by atoms with Gasteiger partial charge < -0.3 is 10.5 Å². The van der Waals surface area contributed by atoms with Crippen molar-refractivity contribution in [1.29, 1.82) is 0 Å². The summed E-state index contributed by atoms with van der Waals surface area (Å²) in [4.78, 5) is 14.9. The molecule has 6 heteroatoms. The molecule has 0 unspecified atom stereocenters. The number of ether oxygens (including phenoxy) is 1. The monoisotopic (exact) mass is 310 g/mol. The Morgan fingerprint density at radius 1 is 1.43 bits per heavy atom. The number of carbonyl (C=O) groups excluding carboxylic acids is 1. The SMILES string of the molecule is [C-]#[N+]c1c(-c2ccc(CC(=O)OC)cc2)nn(C2CCC2)c1N. The van der Waals surface area contributed by atoms with Crippen LogP contribution in [0, 0.1) is 6.57 Å². The molecule has 23 heavy (non-hydrogen) atoms. The topological polar surface area (TPSA) is 74.5 Å². The van der Waals surface area contributed by atoms with Crippen molar-refractivity contribution in [1.82, 2.24) is 9.78 Å². The van der Waals surface area contributed by atoms with Gasteiger partial charge in [-0.15, -0.1) is 0 Å². The number of benzene rings is 1. The Balaban J connectivity index is 1.92. The molecule has 1 aromatic heterocycles. The van der Waals surface area contributed by atoms with Gasteiger partial charge in [-0.1, -0.05) is 24.3 Å². The van der Waals surface area contributed by atoms with Crippen molar-refractivity contribution < 1.29 is 9.53 Å². The molecule has 1 aromatic carbocycles. The minimum absolute atomic E-state index is 0.227. The van der Waals surface area contributed by atoms with E-state index in [0.29, 0.717) is 23.2 Å². The number of nitrogens with zero attached hydrogens (tertiary/aromatic N) is 3. The van der Waals surface area contributed by atoms with Gasteiger partial charge in [-0.05, 0) is 30.4 Å². The fourth-order valence-corrected chi connectivity index (χ4v) is 2.67. The maximum absolute atomic E-state index is 11.3. The van der Waals surface area contributed by atoms with Crippen LogP contribution in [-0.4, -0.2) is 22.9 Å². The number of carbonyl (C=O) groups is 1. The van der Waals surface area contributed by atoms with Gasteiger partial charge in [-0.25, -0.2) is 4.85 Å². The van der Waals surface area contributed by atoms with Gasteiger partial charge in [0, 0.05) is 0 Å². The van der Waals surface area contributed by atoms with Gasteiger partial charge in [0.25, 0.3) is 5.69 Å². The van der Waals surface area contributed by atoms with Crippen LogP contribution in [0.1, 0.15) is 30.9 Å². The molecule has 118 valence electrons. The van der Waals surface area contributed by atoms with Crippen molar-refractivity contribution in [2.45, 2.75) is 31.7 Å². The lowest BCUT2D eigenvalue weighted by molar-refractivity contribution is -0.139. The first-order valence-electron chi connectivity index (χ1n) is 7.55. The van der Waals surface area contributed by atoms with Crippen LogP contribution < -0.4 is 5.73 Å². The molecule has 0 atom stereocenters. The molecule has 0 aliphatic heterocycles. The summed E-state index contributed by atoms with van der Waals surface area (Å²) < 4.78 is 6.45. The second-order valence-electron chi connectivity index (χ2n) is 5.67. The van der Waals surface area contributed by atoms with Crippen molar-refractivity contribution in [2.24, 2.45) is 0 Å². The molecule has 0 radical (unpaired) electrons. The van der Waals surface area contributed by atoms with Crippen LogP contribution in [0.2, 0.25) is 0 Å². The highest BCUT2D eigenvalue weighted by Gasteiger charge is 2.26. The lowest BCUT2D eigenvalue weighted by atomic mass is 9.93. The van der Waals surface area contributed by atoms with Crippen molar-refractivity contribution in [3.8, 4) is 11.3 Å². The molecule has 2 N–H and O–H groups in total. The Kier molecular flexibility index (Phi) is 4.02. The highest BCUT2D eigenvalue weighted by Crippen LogP contribution is 2.41. The van der Waals surface area contributed by atoms with Gasteiger partial charge in [-0.3, -0.25) is 9.48 Å². The summed E-state index contributed by atoms with van der Waals surface area (Å²) in [6.07, 6.45) is 3.52. The minimum atomic E-state index is -0.280. The van der Waals surface area contributed by atoms with Gasteiger partial charge in [0.05, 0.1) is 26.1 Å². The number of anilines is 1. The third-order valence-electron chi connectivity index (χ3n) is 4.26. The van der Waals surface area contributed by atoms with Gasteiger partial charge in [-0.2, -0.15) is 5.10 Å². The quantitative estimate of drug-likeness (QED) is 0.695. The van der Waals surface area contributed by atoms with E-state index in [4.69, 9.17) is 12.3 Å². The Labute approximate surface area is 134 Å². The molecule has 3 rings (SSSR count). The van der Waals surface area contributed by atoms with Crippen molar-refractivity contribution in [3.05, 3.63) is 41.2 Å². The van der Waals surface area contributed by atoms with Gasteiger partial charge in [0.15, 0.2) is 0 Å². The molecule has 0 saturated heterocycles. The molecular formula is C17H18N4O2. The second-order valence-corrected chi connectivity index (χ2v) is 5.67. The van der Waals surface area contributed by atoms with E-state index >= 15 is 0 Å². The molecule has 1 fully saturated rings. The smallest absolute Gasteiger partial charge is 0.309 e. The molecular weight excluding hydrogens is 292 g/mol. The number of nitrogens with two attached hydrogens (primary N) is 1. The Morgan fingerprint density at radius 2 is 2.13 bits per heavy atom. The standard InChI is InChI=1S/C17H18N4O2/c1-19-16-15(20-21(17(16)18)13-4-3-5-13)12-8-6-11(7-9-12)10-14(22)23-2/h6-9,13H,3-5,10,18H2,2H3. The van der Waals surface area contributed by atoms with Crippen LogP contribution in [0.5, 0.6) is 0 Å². The highest BCUT2D eigenvalue weighted by molar-refractivity contribution is 5.83. The Bertz CT molecular complexity index is 767. The lowest BCUT2D eigenvalue weighted by Gasteiger charge is -2.26. The minimum Gasteiger partial charge on any atom is -0.469 e. The summed E-state index contributed by atoms with van der Waals surface area (Å²) in [6, 6.07) is 7.72. The second kappa shape index (κ2) is 6.13. The zero-order chi connectivity index (χ0) is 16.4. The average Bonchev–Trinajstić information content (AvgIpc) is 2.83. The molecule has 1 aliphatic carbocycles. The predicted molar refractivity (Wildman–Crippen MR) is 86.9 cm³/mol. The van der Waals surface area contributed by atoms with Crippen LogP contribution in [0.25, 0.3) is 16.1 Å². The number of nitrogen functional groups attached to an aromatic ring is 1. The van der Waals surface area contributed by atoms with E-state index < -0.39 is 0 Å². The molecule has 0 amide bonds. The van der Waals surface area contributed by atoms with E-state index in [-0.39, 0.29) is 12.4 Å². The summed E-state index contributed by atoms with van der Waals surface area (Å²) in [5.41, 5.74) is 8.79. The van der Waals surface area contributed by atoms with E-state index in [0.717, 1.165) is 24.0 Å². The van der Waals surface area contributed by atoms with E-state index in [2.05, 4.69) is 14.7 Å². The number of esters is 1. The molecule has 0 bridgehead atoms. The molecule has 0 spiro atoms. The molecule has 2 aromatic rings. The average molecular weight is 310 g/mol. The van der Waals surface area contributed by atoms with Gasteiger partial charge in [0.2, 0.25) is 0 Å². The number of methoxy groups -OCH3 is 1. The first-order chi connectivity index (χ1) is 11.1. The largest absolute Gasteiger partial charge is 0.469 e. The molecule has 6 nitrogen and oxygen atoms in total. The maximum Gasteiger partial charge on any atom is 0.309 e. The number of aromatic nitrogens is 2. The summed E-state index contributed by atoms with van der Waals surface area (Å²) in [5.74, 6) is 0.163. The van der Waals surface area contributed by atoms with Gasteiger partial charge in [0.1, 0.15) is 11.5 Å². The summed E-state index contributed by atoms with van der Waals surface area (Å²) in [6.45, 7) is 7.39. The molecule has 1 aliphatic rings. The maximum atomic E-state index is 11.3. The zero-order valence-electron chi connectivity index (χ0n) is 13.0. The van der Waals surface area contributed by atoms with Crippen LogP contribution >= 0.6 is 0 Å². The Morgan fingerprint density at radius 3 is 2.65 bits per heavy atom. The van der Waals surface area contributed by atoms with E-state index in [1.807, 2.05) is 24.3 Å². The normalized spacial score (nSPS) is 14.1. The summed E-state index contributed by atoms with van der Waals surface area (Å²) in [5, 5.41) is 4.57. The lowest BCUT2D eigenvalue weighted by Crippen LogP contribution is -2.19. The summed E-state index contributed by atoms with van der Waals surface area (Å²) in [7, 11) is 1.37. The fraction of sp³-hybridized carbons (Fsp3) is 0.353. The van der Waals surface area contributed by atoms with Crippen LogP contribution in [0.3, 0.4) is 0 Å². The summed E-state index contributed by atoms with van der Waals surface area (Å²) >= 11 is 0. The highest BCUT2D eigenvalue weighted by atomic mass is 16.5. The predicted octanol–water partition coefficient (Wildman–Crippen LogP) is 3.12. The first kappa shape index (κ1) is 15.1. The number of rotatable bonds is 4. The van der Waals surface area contributed by atoms with E-state index in [1.54, 1.807) is 4.68 Å². The number of hydrogen-bond acceptors (Lipinski definition) is 4.